The third kappa shape index (κ3) is 4.50. The normalized spacial score (nSPS) is 10.6. The fraction of sp³-hybridized carbons (Fsp3) is 0.300. The average Bonchev–Trinajstić information content (AvgIpc) is 2.10. The Morgan fingerprint density at radius 2 is 2.08 bits per heavy atom. The molecule has 0 radical (unpaired) electrons. The van der Waals surface area contributed by atoms with E-state index >= 15 is 0 Å². The highest BCUT2D eigenvalue weighted by molar-refractivity contribution is 5.92. The van der Waals surface area contributed by atoms with E-state index in [-0.39, 0.29) is 5.91 Å². The zero-order chi connectivity index (χ0) is 9.40. The van der Waals surface area contributed by atoms with Gasteiger partial charge in [0.05, 0.1) is 0 Å². The maximum atomic E-state index is 11.1. The molecule has 66 valence electrons. The van der Waals surface area contributed by atoms with Gasteiger partial charge >= 0.3 is 0 Å². The maximum absolute atomic E-state index is 11.1. The standard InChI is InChI=1S/C10H15NO/c1-4-6-7-9(3)10(12)11-8-5-2/h4-5,7H,1-2,6,8H2,3H3,(H,11,12)/b9-7+. The molecule has 0 bridgehead atoms. The first-order valence-corrected chi connectivity index (χ1v) is 3.89. The maximum Gasteiger partial charge on any atom is 0.246 e. The molecule has 0 aromatic carbocycles. The Morgan fingerprint density at radius 1 is 1.42 bits per heavy atom. The van der Waals surface area contributed by atoms with Crippen molar-refractivity contribution in [3.8, 4) is 0 Å². The van der Waals surface area contributed by atoms with Crippen molar-refractivity contribution in [2.24, 2.45) is 0 Å². The number of amides is 1. The molecule has 0 unspecified atom stereocenters. The second kappa shape index (κ2) is 6.40. The van der Waals surface area contributed by atoms with Crippen molar-refractivity contribution in [3.63, 3.8) is 0 Å². The first-order chi connectivity index (χ1) is 5.72. The lowest BCUT2D eigenvalue weighted by atomic mass is 10.2. The Morgan fingerprint density at radius 3 is 2.58 bits per heavy atom. The average molecular weight is 165 g/mol. The van der Waals surface area contributed by atoms with Gasteiger partial charge in [0.1, 0.15) is 0 Å². The molecule has 2 heteroatoms. The predicted molar refractivity (Wildman–Crippen MR) is 51.8 cm³/mol. The number of hydrogen-bond donors (Lipinski definition) is 1. The quantitative estimate of drug-likeness (QED) is 0.488. The van der Waals surface area contributed by atoms with Gasteiger partial charge in [-0.15, -0.1) is 13.2 Å². The number of carbonyl (C=O) groups excluding carboxylic acids is 1. The van der Waals surface area contributed by atoms with E-state index in [0.29, 0.717) is 6.54 Å². The van der Waals surface area contributed by atoms with Crippen LogP contribution in [0.25, 0.3) is 0 Å². The molecule has 0 aliphatic heterocycles. The summed E-state index contributed by atoms with van der Waals surface area (Å²) in [7, 11) is 0. The van der Waals surface area contributed by atoms with E-state index in [2.05, 4.69) is 18.5 Å². The number of rotatable bonds is 5. The first-order valence-electron chi connectivity index (χ1n) is 3.89. The Kier molecular flexibility index (Phi) is 5.70. The van der Waals surface area contributed by atoms with Crippen LogP contribution >= 0.6 is 0 Å². The molecule has 1 N–H and O–H groups in total. The van der Waals surface area contributed by atoms with Crippen LogP contribution in [-0.4, -0.2) is 12.5 Å². The highest BCUT2D eigenvalue weighted by Gasteiger charge is 1.99. The highest BCUT2D eigenvalue weighted by atomic mass is 16.1. The number of allylic oxidation sites excluding steroid dienone is 2. The summed E-state index contributed by atoms with van der Waals surface area (Å²) in [6, 6.07) is 0. The predicted octanol–water partition coefficient (Wildman–Crippen LogP) is 1.81. The van der Waals surface area contributed by atoms with Crippen molar-refractivity contribution >= 4 is 5.91 Å². The van der Waals surface area contributed by atoms with Crippen molar-refractivity contribution in [3.05, 3.63) is 37.0 Å². The number of nitrogens with one attached hydrogen (secondary N) is 1. The minimum atomic E-state index is -0.0447. The van der Waals surface area contributed by atoms with Crippen LogP contribution in [0.4, 0.5) is 0 Å². The third-order valence-corrected chi connectivity index (χ3v) is 1.36. The Bertz CT molecular complexity index is 204. The summed E-state index contributed by atoms with van der Waals surface area (Å²) in [6.45, 7) is 9.36. The molecule has 0 atom stereocenters. The summed E-state index contributed by atoms with van der Waals surface area (Å²) in [5, 5.41) is 2.68. The summed E-state index contributed by atoms with van der Waals surface area (Å²) in [5.74, 6) is -0.0447. The zero-order valence-electron chi connectivity index (χ0n) is 7.47. The van der Waals surface area contributed by atoms with E-state index in [4.69, 9.17) is 0 Å². The van der Waals surface area contributed by atoms with Gasteiger partial charge in [0.2, 0.25) is 5.91 Å². The lowest BCUT2D eigenvalue weighted by Crippen LogP contribution is -2.23. The number of hydrogen-bond acceptors (Lipinski definition) is 1. The van der Waals surface area contributed by atoms with Crippen molar-refractivity contribution in [1.82, 2.24) is 5.32 Å². The fourth-order valence-corrected chi connectivity index (χ4v) is 0.657. The lowest BCUT2D eigenvalue weighted by molar-refractivity contribution is -0.117. The van der Waals surface area contributed by atoms with E-state index in [0.717, 1.165) is 12.0 Å². The summed E-state index contributed by atoms with van der Waals surface area (Å²) in [6.07, 6.45) is 5.97. The fourth-order valence-electron chi connectivity index (χ4n) is 0.657. The first kappa shape index (κ1) is 10.7. The molecule has 0 aliphatic carbocycles. The minimum absolute atomic E-state index is 0.0447. The van der Waals surface area contributed by atoms with Crippen LogP contribution in [0, 0.1) is 0 Å². The van der Waals surface area contributed by atoms with Crippen LogP contribution in [-0.2, 0) is 4.79 Å². The second-order valence-corrected chi connectivity index (χ2v) is 2.41. The summed E-state index contributed by atoms with van der Waals surface area (Å²) >= 11 is 0. The van der Waals surface area contributed by atoms with Gasteiger partial charge in [-0.2, -0.15) is 0 Å². The van der Waals surface area contributed by atoms with Gasteiger partial charge in [-0.3, -0.25) is 4.79 Å². The second-order valence-electron chi connectivity index (χ2n) is 2.41. The molecule has 0 rings (SSSR count). The highest BCUT2D eigenvalue weighted by Crippen LogP contribution is 1.95. The van der Waals surface area contributed by atoms with Gasteiger partial charge < -0.3 is 5.32 Å². The molecule has 12 heavy (non-hydrogen) atoms. The van der Waals surface area contributed by atoms with Crippen LogP contribution in [0.3, 0.4) is 0 Å². The van der Waals surface area contributed by atoms with Crippen molar-refractivity contribution in [2.45, 2.75) is 13.3 Å². The van der Waals surface area contributed by atoms with Crippen molar-refractivity contribution in [1.29, 1.82) is 0 Å². The van der Waals surface area contributed by atoms with Crippen LogP contribution in [0.1, 0.15) is 13.3 Å². The van der Waals surface area contributed by atoms with Crippen molar-refractivity contribution in [2.75, 3.05) is 6.54 Å². The largest absolute Gasteiger partial charge is 0.349 e. The van der Waals surface area contributed by atoms with Crippen molar-refractivity contribution < 1.29 is 4.79 Å². The molecule has 1 amide bonds. The van der Waals surface area contributed by atoms with E-state index in [1.165, 1.54) is 0 Å². The van der Waals surface area contributed by atoms with E-state index < -0.39 is 0 Å². The summed E-state index contributed by atoms with van der Waals surface area (Å²) in [4.78, 5) is 11.1. The molecule has 0 fully saturated rings. The van der Waals surface area contributed by atoms with Crippen LogP contribution < -0.4 is 5.32 Å². The Labute approximate surface area is 73.7 Å². The van der Waals surface area contributed by atoms with Crippen LogP contribution in [0.15, 0.2) is 37.0 Å². The lowest BCUT2D eigenvalue weighted by Gasteiger charge is -2.00. The monoisotopic (exact) mass is 165 g/mol. The molecule has 0 heterocycles. The van der Waals surface area contributed by atoms with E-state index in [1.54, 1.807) is 19.1 Å². The van der Waals surface area contributed by atoms with Gasteiger partial charge in [0, 0.05) is 12.1 Å². The number of carbonyl (C=O) groups is 1. The van der Waals surface area contributed by atoms with Gasteiger partial charge in [0.15, 0.2) is 0 Å². The molecule has 0 spiro atoms. The van der Waals surface area contributed by atoms with Gasteiger partial charge in [-0.1, -0.05) is 18.2 Å². The SMILES string of the molecule is C=CC/C=C(\C)C(=O)NCC=C. The molecular weight excluding hydrogens is 150 g/mol. The summed E-state index contributed by atoms with van der Waals surface area (Å²) in [5.41, 5.74) is 0.719. The smallest absolute Gasteiger partial charge is 0.246 e. The molecule has 0 aromatic heterocycles. The van der Waals surface area contributed by atoms with Crippen LogP contribution in [0.5, 0.6) is 0 Å². The molecule has 0 saturated carbocycles. The molecule has 0 aromatic rings. The Hall–Kier alpha value is -1.31. The van der Waals surface area contributed by atoms with Gasteiger partial charge in [-0.05, 0) is 13.3 Å². The molecule has 0 saturated heterocycles. The van der Waals surface area contributed by atoms with Gasteiger partial charge in [0.25, 0.3) is 0 Å². The topological polar surface area (TPSA) is 29.1 Å². The van der Waals surface area contributed by atoms with Crippen LogP contribution in [0.2, 0.25) is 0 Å². The van der Waals surface area contributed by atoms with E-state index in [1.807, 2.05) is 6.08 Å². The van der Waals surface area contributed by atoms with E-state index in [9.17, 15) is 4.79 Å². The molecule has 0 aliphatic rings. The Balaban J connectivity index is 3.90. The summed E-state index contributed by atoms with van der Waals surface area (Å²) < 4.78 is 0. The molecular formula is C10H15NO. The zero-order valence-corrected chi connectivity index (χ0v) is 7.47. The molecule has 2 nitrogen and oxygen atoms in total. The van der Waals surface area contributed by atoms with Gasteiger partial charge in [-0.25, -0.2) is 0 Å². The third-order valence-electron chi connectivity index (χ3n) is 1.36. The minimum Gasteiger partial charge on any atom is -0.349 e.